The number of hydrogen-bond acceptors (Lipinski definition) is 4. The van der Waals surface area contributed by atoms with E-state index < -0.39 is 0 Å². The number of nitrogens with one attached hydrogen (secondary N) is 2. The molecule has 0 radical (unpaired) electrons. The topological polar surface area (TPSA) is 59.6 Å². The Morgan fingerprint density at radius 2 is 1.91 bits per heavy atom. The maximum atomic E-state index is 11.9. The minimum atomic E-state index is 0.180. The lowest BCUT2D eigenvalue weighted by Crippen LogP contribution is -2.33. The molecule has 1 aromatic rings. The van der Waals surface area contributed by atoms with Crippen LogP contribution in [0.4, 0.5) is 5.69 Å². The Kier molecular flexibility index (Phi) is 5.75. The lowest BCUT2D eigenvalue weighted by Gasteiger charge is -2.13. The van der Waals surface area contributed by atoms with Crippen molar-refractivity contribution in [2.75, 3.05) is 31.6 Å². The van der Waals surface area contributed by atoms with Gasteiger partial charge in [-0.3, -0.25) is 4.79 Å². The third kappa shape index (κ3) is 4.86. The molecule has 0 unspecified atom stereocenters. The van der Waals surface area contributed by atoms with Crippen molar-refractivity contribution in [3.05, 3.63) is 24.3 Å². The molecule has 1 atom stereocenters. The predicted molar refractivity (Wildman–Crippen MR) is 89.8 cm³/mol. The van der Waals surface area contributed by atoms with E-state index in [1.807, 2.05) is 24.3 Å². The van der Waals surface area contributed by atoms with E-state index in [0.717, 1.165) is 43.9 Å². The van der Waals surface area contributed by atoms with Crippen molar-refractivity contribution in [3.8, 4) is 5.75 Å². The molecule has 126 valence electrons. The molecule has 0 bridgehead atoms. The van der Waals surface area contributed by atoms with Gasteiger partial charge in [0.15, 0.2) is 0 Å². The van der Waals surface area contributed by atoms with Crippen molar-refractivity contribution in [3.63, 3.8) is 0 Å². The summed E-state index contributed by atoms with van der Waals surface area (Å²) in [5, 5.41) is 6.33. The van der Waals surface area contributed by atoms with Crippen molar-refractivity contribution >= 4 is 11.6 Å². The molecule has 3 rings (SSSR count). The van der Waals surface area contributed by atoms with E-state index in [1.165, 1.54) is 12.8 Å². The standard InChI is InChI=1S/C18H26N2O3/c21-18(14-3-1-2-4-14)20-11-10-19-15-5-7-16(8-6-15)23-17-9-12-22-13-17/h5-8,14,17,19H,1-4,9-13H2,(H,20,21)/t17-/m0/s1. The highest BCUT2D eigenvalue weighted by atomic mass is 16.5. The fourth-order valence-corrected chi connectivity index (χ4v) is 3.17. The summed E-state index contributed by atoms with van der Waals surface area (Å²) in [6.07, 6.45) is 5.62. The van der Waals surface area contributed by atoms with Crippen LogP contribution in [0.1, 0.15) is 32.1 Å². The first kappa shape index (κ1) is 16.1. The van der Waals surface area contributed by atoms with Crippen molar-refractivity contribution in [2.45, 2.75) is 38.2 Å². The van der Waals surface area contributed by atoms with Crippen molar-refractivity contribution in [1.29, 1.82) is 0 Å². The summed E-state index contributed by atoms with van der Waals surface area (Å²) in [4.78, 5) is 11.9. The third-order valence-corrected chi connectivity index (χ3v) is 4.52. The Balaban J connectivity index is 1.34. The number of amides is 1. The largest absolute Gasteiger partial charge is 0.488 e. The van der Waals surface area contributed by atoms with Crippen LogP contribution in [0, 0.1) is 5.92 Å². The van der Waals surface area contributed by atoms with Crippen molar-refractivity contribution < 1.29 is 14.3 Å². The highest BCUT2D eigenvalue weighted by Gasteiger charge is 2.21. The molecule has 1 saturated heterocycles. The summed E-state index contributed by atoms with van der Waals surface area (Å²) >= 11 is 0. The smallest absolute Gasteiger partial charge is 0.223 e. The minimum Gasteiger partial charge on any atom is -0.488 e. The van der Waals surface area contributed by atoms with Gasteiger partial charge in [-0.25, -0.2) is 0 Å². The number of hydrogen-bond donors (Lipinski definition) is 2. The second kappa shape index (κ2) is 8.20. The summed E-state index contributed by atoms with van der Waals surface area (Å²) < 4.78 is 11.1. The van der Waals surface area contributed by atoms with Gasteiger partial charge >= 0.3 is 0 Å². The Morgan fingerprint density at radius 1 is 1.13 bits per heavy atom. The average molecular weight is 318 g/mol. The Bertz CT molecular complexity index is 491. The molecule has 5 heteroatoms. The normalized spacial score (nSPS) is 21.3. The zero-order valence-electron chi connectivity index (χ0n) is 13.6. The fraction of sp³-hybridized carbons (Fsp3) is 0.611. The number of carbonyl (C=O) groups is 1. The Labute approximate surface area is 137 Å². The predicted octanol–water partition coefficient (Wildman–Crippen LogP) is 2.57. The highest BCUT2D eigenvalue weighted by molar-refractivity contribution is 5.78. The third-order valence-electron chi connectivity index (χ3n) is 4.52. The molecule has 1 saturated carbocycles. The van der Waals surface area contributed by atoms with Crippen LogP contribution in [0.25, 0.3) is 0 Å². The number of carbonyl (C=O) groups excluding carboxylic acids is 1. The lowest BCUT2D eigenvalue weighted by molar-refractivity contribution is -0.124. The van der Waals surface area contributed by atoms with E-state index in [1.54, 1.807) is 0 Å². The first-order valence-electron chi connectivity index (χ1n) is 8.67. The number of rotatable bonds is 7. The van der Waals surface area contributed by atoms with Crippen LogP contribution in [0.2, 0.25) is 0 Å². The molecule has 23 heavy (non-hydrogen) atoms. The zero-order chi connectivity index (χ0) is 15.9. The molecular formula is C18H26N2O3. The first-order valence-corrected chi connectivity index (χ1v) is 8.67. The monoisotopic (exact) mass is 318 g/mol. The highest BCUT2D eigenvalue weighted by Crippen LogP contribution is 2.24. The van der Waals surface area contributed by atoms with Gasteiger partial charge in [-0.15, -0.1) is 0 Å². The molecule has 0 aromatic heterocycles. The minimum absolute atomic E-state index is 0.180. The fourth-order valence-electron chi connectivity index (χ4n) is 3.17. The van der Waals surface area contributed by atoms with Gasteiger partial charge in [0.2, 0.25) is 5.91 Å². The van der Waals surface area contributed by atoms with Crippen LogP contribution in [0.3, 0.4) is 0 Å². The van der Waals surface area contributed by atoms with Crippen LogP contribution >= 0.6 is 0 Å². The molecular weight excluding hydrogens is 292 g/mol. The van der Waals surface area contributed by atoms with E-state index in [4.69, 9.17) is 9.47 Å². The van der Waals surface area contributed by atoms with Gasteiger partial charge < -0.3 is 20.1 Å². The Morgan fingerprint density at radius 3 is 2.61 bits per heavy atom. The van der Waals surface area contributed by atoms with Crippen LogP contribution in [0.15, 0.2) is 24.3 Å². The van der Waals surface area contributed by atoms with E-state index in [-0.39, 0.29) is 17.9 Å². The van der Waals surface area contributed by atoms with Crippen molar-refractivity contribution in [2.24, 2.45) is 5.92 Å². The molecule has 2 fully saturated rings. The summed E-state index contributed by atoms with van der Waals surface area (Å²) in [6, 6.07) is 7.95. The molecule has 1 amide bonds. The second-order valence-corrected chi connectivity index (χ2v) is 6.33. The number of benzene rings is 1. The van der Waals surface area contributed by atoms with Gasteiger partial charge in [0.25, 0.3) is 0 Å². The Hall–Kier alpha value is -1.75. The maximum Gasteiger partial charge on any atom is 0.223 e. The van der Waals surface area contributed by atoms with E-state index in [0.29, 0.717) is 13.2 Å². The summed E-state index contributed by atoms with van der Waals surface area (Å²) in [5.74, 6) is 1.33. The summed E-state index contributed by atoms with van der Waals surface area (Å²) in [5.41, 5.74) is 1.04. The SMILES string of the molecule is O=C(NCCNc1ccc(O[C@H]2CCOC2)cc1)C1CCCC1. The molecule has 5 nitrogen and oxygen atoms in total. The molecule has 1 heterocycles. The lowest BCUT2D eigenvalue weighted by atomic mass is 10.1. The maximum absolute atomic E-state index is 11.9. The zero-order valence-corrected chi connectivity index (χ0v) is 13.6. The number of ether oxygens (including phenoxy) is 2. The molecule has 1 aliphatic carbocycles. The second-order valence-electron chi connectivity index (χ2n) is 6.33. The molecule has 0 spiro atoms. The van der Waals surface area contributed by atoms with Gasteiger partial charge in [0, 0.05) is 31.1 Å². The quantitative estimate of drug-likeness (QED) is 0.759. The van der Waals surface area contributed by atoms with Gasteiger partial charge in [-0.1, -0.05) is 12.8 Å². The van der Waals surface area contributed by atoms with Crippen LogP contribution in [-0.4, -0.2) is 38.3 Å². The van der Waals surface area contributed by atoms with Crippen LogP contribution < -0.4 is 15.4 Å². The van der Waals surface area contributed by atoms with Crippen LogP contribution in [-0.2, 0) is 9.53 Å². The average Bonchev–Trinajstić information content (AvgIpc) is 3.26. The summed E-state index contributed by atoms with van der Waals surface area (Å²) in [6.45, 7) is 2.86. The van der Waals surface area contributed by atoms with Crippen molar-refractivity contribution in [1.82, 2.24) is 5.32 Å². The van der Waals surface area contributed by atoms with Gasteiger partial charge in [0.1, 0.15) is 11.9 Å². The van der Waals surface area contributed by atoms with E-state index in [2.05, 4.69) is 10.6 Å². The van der Waals surface area contributed by atoms with Gasteiger partial charge in [0.05, 0.1) is 13.2 Å². The van der Waals surface area contributed by atoms with E-state index >= 15 is 0 Å². The first-order chi connectivity index (χ1) is 11.3. The number of anilines is 1. The van der Waals surface area contributed by atoms with Gasteiger partial charge in [-0.2, -0.15) is 0 Å². The van der Waals surface area contributed by atoms with Crippen LogP contribution in [0.5, 0.6) is 5.75 Å². The molecule has 2 N–H and O–H groups in total. The molecule has 2 aliphatic rings. The molecule has 1 aromatic carbocycles. The van der Waals surface area contributed by atoms with Gasteiger partial charge in [-0.05, 0) is 37.1 Å². The molecule has 1 aliphatic heterocycles. The van der Waals surface area contributed by atoms with E-state index in [9.17, 15) is 4.79 Å². The summed E-state index contributed by atoms with van der Waals surface area (Å²) in [7, 11) is 0.